The van der Waals surface area contributed by atoms with Crippen molar-refractivity contribution in [1.82, 2.24) is 10.3 Å². The maximum atomic E-state index is 13.2. The lowest BCUT2D eigenvalue weighted by molar-refractivity contribution is -0.121. The van der Waals surface area contributed by atoms with Gasteiger partial charge in [-0.05, 0) is 45.0 Å². The first-order valence-corrected chi connectivity index (χ1v) is 11.5. The van der Waals surface area contributed by atoms with Gasteiger partial charge in [0.25, 0.3) is 15.9 Å². The Morgan fingerprint density at radius 1 is 1.21 bits per heavy atom. The lowest BCUT2D eigenvalue weighted by Gasteiger charge is -2.24. The van der Waals surface area contributed by atoms with E-state index in [2.05, 4.69) is 19.4 Å². The minimum absolute atomic E-state index is 0.111. The number of pyridine rings is 1. The smallest absolute Gasteiger partial charge is 0.387 e. The molecule has 0 fully saturated rings. The Hall–Kier alpha value is -3.67. The normalized spacial score (nSPS) is 22.1. The molecule has 1 atom stereocenters. The van der Waals surface area contributed by atoms with Crippen LogP contribution in [-0.4, -0.2) is 43.6 Å². The highest BCUT2D eigenvalue weighted by molar-refractivity contribution is 7.93. The molecule has 0 bridgehead atoms. The van der Waals surface area contributed by atoms with Crippen LogP contribution >= 0.6 is 0 Å². The fourth-order valence-corrected chi connectivity index (χ4v) is 4.52. The van der Waals surface area contributed by atoms with Crippen molar-refractivity contribution in [2.45, 2.75) is 38.3 Å². The number of nitrogens with one attached hydrogen (secondary N) is 1. The average molecular weight is 490 g/mol. The first kappa shape index (κ1) is 23.5. The van der Waals surface area contributed by atoms with Gasteiger partial charge in [0, 0.05) is 24.0 Å². The number of ether oxygens (including phenoxy) is 1. The van der Waals surface area contributed by atoms with Gasteiger partial charge in [-0.25, -0.2) is 4.98 Å². The summed E-state index contributed by atoms with van der Waals surface area (Å²) < 4.78 is 56.0. The molecule has 2 aromatic rings. The molecule has 1 aromatic carbocycles. The number of rotatable bonds is 5. The van der Waals surface area contributed by atoms with E-state index in [-0.39, 0.29) is 28.7 Å². The third kappa shape index (κ3) is 4.28. The van der Waals surface area contributed by atoms with Crippen molar-refractivity contribution in [1.29, 1.82) is 0 Å². The Kier molecular flexibility index (Phi) is 5.51. The van der Waals surface area contributed by atoms with E-state index >= 15 is 0 Å². The first-order valence-electron chi connectivity index (χ1n) is 10.0. The number of hydrogen-bond acceptors (Lipinski definition) is 6. The monoisotopic (exact) mass is 490 g/mol. The Morgan fingerprint density at radius 3 is 2.59 bits per heavy atom. The minimum Gasteiger partial charge on any atom is -0.435 e. The number of carbonyl (C=O) groups is 2. The van der Waals surface area contributed by atoms with Gasteiger partial charge in [0.1, 0.15) is 11.6 Å². The predicted octanol–water partition coefficient (Wildman–Crippen LogP) is 3.06. The van der Waals surface area contributed by atoms with Crippen LogP contribution in [0.25, 0.3) is 0 Å². The summed E-state index contributed by atoms with van der Waals surface area (Å²) in [5.74, 6) is -0.763. The number of alkyl halides is 2. The molecule has 1 aromatic heterocycles. The molecule has 3 heterocycles. The quantitative estimate of drug-likeness (QED) is 0.688. The summed E-state index contributed by atoms with van der Waals surface area (Å²) in [7, 11) is -3.69. The molecule has 34 heavy (non-hydrogen) atoms. The maximum Gasteiger partial charge on any atom is 0.387 e. The minimum atomic E-state index is -3.69. The van der Waals surface area contributed by atoms with E-state index < -0.39 is 33.5 Å². The van der Waals surface area contributed by atoms with E-state index in [0.29, 0.717) is 5.56 Å². The number of carbonyl (C=O) groups excluding carboxylic acids is 2. The number of benzene rings is 1. The van der Waals surface area contributed by atoms with Crippen molar-refractivity contribution in [2.75, 3.05) is 4.90 Å². The number of hydrogen-bond donors (Lipinski definition) is 1. The summed E-state index contributed by atoms with van der Waals surface area (Å²) in [5.41, 5.74) is -1.30. The van der Waals surface area contributed by atoms with Crippen molar-refractivity contribution < 1.29 is 31.5 Å². The molecular formula is C22H20F2N4O5S. The number of sulfonamides is 1. The second kappa shape index (κ2) is 7.97. The lowest BCUT2D eigenvalue weighted by Crippen LogP contribution is -2.47. The zero-order valence-electron chi connectivity index (χ0n) is 18.3. The topological polar surface area (TPSA) is 118 Å². The molecule has 0 radical (unpaired) electrons. The maximum absolute atomic E-state index is 13.2. The second-order valence-corrected chi connectivity index (χ2v) is 10.0. The molecule has 9 nitrogen and oxygen atoms in total. The van der Waals surface area contributed by atoms with E-state index in [1.54, 1.807) is 26.8 Å². The Bertz CT molecular complexity index is 1330. The van der Waals surface area contributed by atoms with E-state index in [0.717, 1.165) is 11.6 Å². The number of anilines is 2. The molecule has 12 heteroatoms. The van der Waals surface area contributed by atoms with Crippen molar-refractivity contribution in [3.8, 4) is 5.75 Å². The zero-order valence-corrected chi connectivity index (χ0v) is 19.1. The average Bonchev–Trinajstić information content (AvgIpc) is 2.95. The largest absolute Gasteiger partial charge is 0.435 e. The van der Waals surface area contributed by atoms with Crippen LogP contribution in [0.5, 0.6) is 5.75 Å². The molecule has 0 saturated heterocycles. The highest BCUT2D eigenvalue weighted by Gasteiger charge is 2.46. The zero-order chi connectivity index (χ0) is 24.9. The van der Waals surface area contributed by atoms with E-state index in [1.807, 2.05) is 0 Å². The molecule has 0 aliphatic carbocycles. The third-order valence-corrected chi connectivity index (χ3v) is 6.37. The van der Waals surface area contributed by atoms with Crippen LogP contribution in [0.15, 0.2) is 52.4 Å². The SMILES string of the molecule is CC1(NC(=O)c2cnc3c(c2)C(C)(C)C(=O)N3c2cccc(OC(F)F)c2)C=CS(=O)(=O)N=C1. The van der Waals surface area contributed by atoms with Gasteiger partial charge < -0.3 is 10.1 Å². The Morgan fingerprint density at radius 2 is 1.94 bits per heavy atom. The summed E-state index contributed by atoms with van der Waals surface area (Å²) in [4.78, 5) is 31.7. The molecule has 0 spiro atoms. The lowest BCUT2D eigenvalue weighted by atomic mass is 9.86. The summed E-state index contributed by atoms with van der Waals surface area (Å²) >= 11 is 0. The van der Waals surface area contributed by atoms with Crippen LogP contribution in [-0.2, 0) is 20.2 Å². The molecule has 2 aliphatic heterocycles. The molecule has 178 valence electrons. The Balaban J connectivity index is 1.67. The summed E-state index contributed by atoms with van der Waals surface area (Å²) in [6, 6.07) is 7.22. The van der Waals surface area contributed by atoms with Crippen molar-refractivity contribution in [2.24, 2.45) is 4.40 Å². The molecule has 4 rings (SSSR count). The van der Waals surface area contributed by atoms with Crippen LogP contribution in [0.4, 0.5) is 20.3 Å². The molecular weight excluding hydrogens is 470 g/mol. The van der Waals surface area contributed by atoms with Gasteiger partial charge in [-0.3, -0.25) is 14.5 Å². The van der Waals surface area contributed by atoms with Crippen molar-refractivity contribution in [3.63, 3.8) is 0 Å². The summed E-state index contributed by atoms with van der Waals surface area (Å²) in [6.45, 7) is 1.89. The van der Waals surface area contributed by atoms with Crippen molar-refractivity contribution >= 4 is 39.6 Å². The van der Waals surface area contributed by atoms with Crippen LogP contribution in [0.1, 0.15) is 36.7 Å². The summed E-state index contributed by atoms with van der Waals surface area (Å²) in [6.07, 6.45) is 3.70. The fraction of sp³-hybridized carbons (Fsp3) is 0.273. The van der Waals surface area contributed by atoms with Gasteiger partial charge in [0.2, 0.25) is 5.91 Å². The van der Waals surface area contributed by atoms with Crippen LogP contribution in [0, 0.1) is 0 Å². The highest BCUT2D eigenvalue weighted by atomic mass is 32.2. The van der Waals surface area contributed by atoms with Gasteiger partial charge in [0.15, 0.2) is 0 Å². The standard InChI is InChI=1S/C22H20F2N4O5S/c1-21(2)16-9-13(18(29)27-22(3)7-8-34(31,32)26-12-22)11-25-17(16)28(19(21)30)14-5-4-6-15(10-14)33-20(23)24/h4-12,20H,1-3H3,(H,27,29). The third-order valence-electron chi connectivity index (χ3n) is 5.49. The first-order chi connectivity index (χ1) is 15.8. The highest BCUT2D eigenvalue weighted by Crippen LogP contribution is 2.44. The van der Waals surface area contributed by atoms with Crippen LogP contribution in [0.2, 0.25) is 0 Å². The molecule has 1 unspecified atom stereocenters. The van der Waals surface area contributed by atoms with Crippen LogP contribution < -0.4 is 15.0 Å². The van der Waals surface area contributed by atoms with Gasteiger partial charge in [0.05, 0.1) is 27.6 Å². The van der Waals surface area contributed by atoms with E-state index in [9.17, 15) is 26.8 Å². The van der Waals surface area contributed by atoms with Crippen molar-refractivity contribution in [3.05, 3.63) is 59.1 Å². The molecule has 2 amide bonds. The second-order valence-electron chi connectivity index (χ2n) is 8.53. The predicted molar refractivity (Wildman–Crippen MR) is 120 cm³/mol. The molecule has 0 saturated carbocycles. The van der Waals surface area contributed by atoms with Gasteiger partial charge in [-0.1, -0.05) is 6.07 Å². The van der Waals surface area contributed by atoms with Gasteiger partial charge >= 0.3 is 6.61 Å². The summed E-state index contributed by atoms with van der Waals surface area (Å²) in [5, 5.41) is 3.58. The van der Waals surface area contributed by atoms with Gasteiger partial charge in [-0.15, -0.1) is 0 Å². The van der Waals surface area contributed by atoms with Crippen LogP contribution in [0.3, 0.4) is 0 Å². The Labute approximate surface area is 194 Å². The number of halogens is 2. The molecule has 1 N–H and O–H groups in total. The number of amides is 2. The number of nitrogens with zero attached hydrogens (tertiary/aromatic N) is 3. The van der Waals surface area contributed by atoms with Gasteiger partial charge in [-0.2, -0.15) is 21.6 Å². The van der Waals surface area contributed by atoms with E-state index in [1.165, 1.54) is 41.4 Å². The fourth-order valence-electron chi connectivity index (χ4n) is 3.63. The number of aromatic nitrogens is 1. The molecule has 2 aliphatic rings. The van der Waals surface area contributed by atoms with E-state index in [4.69, 9.17) is 0 Å². The number of fused-ring (bicyclic) bond motifs is 1.